The van der Waals surface area contributed by atoms with Crippen molar-refractivity contribution in [3.63, 3.8) is 0 Å². The van der Waals surface area contributed by atoms with Gasteiger partial charge < -0.3 is 10.2 Å². The molecule has 0 aliphatic carbocycles. The number of amides is 2. The summed E-state index contributed by atoms with van der Waals surface area (Å²) < 4.78 is 27.8. The lowest BCUT2D eigenvalue weighted by Crippen LogP contribution is -2.53. The summed E-state index contributed by atoms with van der Waals surface area (Å²) in [6, 6.07) is 21.6. The molecule has 9 heteroatoms. The van der Waals surface area contributed by atoms with Crippen LogP contribution >= 0.6 is 15.9 Å². The summed E-state index contributed by atoms with van der Waals surface area (Å²) in [6.07, 6.45) is 1.38. The number of hydrogen-bond donors (Lipinski definition) is 1. The van der Waals surface area contributed by atoms with Gasteiger partial charge in [-0.25, -0.2) is 8.42 Å². The number of carbonyl (C=O) groups excluding carboxylic acids is 2. The van der Waals surface area contributed by atoms with Gasteiger partial charge in [-0.05, 0) is 61.2 Å². The average Bonchev–Trinajstić information content (AvgIpc) is 2.86. The SMILES string of the molecule is CCNC(=O)C(Cc1ccccc1)N(Cc1cccc(Br)c1)C(=O)CN(c1cc(C)ccc1C)S(C)(=O)=O. The van der Waals surface area contributed by atoms with Crippen molar-refractivity contribution in [3.05, 3.63) is 99.5 Å². The number of halogens is 1. The third-order valence-corrected chi connectivity index (χ3v) is 7.80. The zero-order chi connectivity index (χ0) is 27.9. The summed E-state index contributed by atoms with van der Waals surface area (Å²) in [7, 11) is -3.80. The lowest BCUT2D eigenvalue weighted by atomic mass is 10.0. The molecule has 0 bridgehead atoms. The Bertz CT molecular complexity index is 1380. The number of likely N-dealkylation sites (N-methyl/N-ethyl adjacent to an activating group) is 1. The van der Waals surface area contributed by atoms with Crippen LogP contribution in [0.2, 0.25) is 0 Å². The van der Waals surface area contributed by atoms with Crippen LogP contribution in [0.5, 0.6) is 0 Å². The van der Waals surface area contributed by atoms with E-state index in [1.807, 2.05) is 87.5 Å². The van der Waals surface area contributed by atoms with Gasteiger partial charge in [0.05, 0.1) is 11.9 Å². The number of carbonyl (C=O) groups is 2. The number of aryl methyl sites for hydroxylation is 2. The first-order chi connectivity index (χ1) is 18.0. The zero-order valence-electron chi connectivity index (χ0n) is 22.1. The first-order valence-corrected chi connectivity index (χ1v) is 15.0. The fourth-order valence-electron chi connectivity index (χ4n) is 4.26. The van der Waals surface area contributed by atoms with Gasteiger partial charge in [-0.2, -0.15) is 0 Å². The maximum absolute atomic E-state index is 14.0. The Morgan fingerprint density at radius 2 is 1.63 bits per heavy atom. The highest BCUT2D eigenvalue weighted by Gasteiger charge is 2.33. The molecule has 3 aromatic carbocycles. The lowest BCUT2D eigenvalue weighted by Gasteiger charge is -2.33. The van der Waals surface area contributed by atoms with Crippen LogP contribution in [-0.2, 0) is 32.6 Å². The van der Waals surface area contributed by atoms with Crippen molar-refractivity contribution < 1.29 is 18.0 Å². The van der Waals surface area contributed by atoms with Crippen molar-refractivity contribution in [3.8, 4) is 0 Å². The van der Waals surface area contributed by atoms with Crippen molar-refractivity contribution in [2.45, 2.75) is 39.8 Å². The maximum Gasteiger partial charge on any atom is 0.244 e. The average molecular weight is 601 g/mol. The van der Waals surface area contributed by atoms with Crippen LogP contribution in [0, 0.1) is 13.8 Å². The van der Waals surface area contributed by atoms with Crippen LogP contribution in [0.15, 0.2) is 77.3 Å². The first kappa shape index (κ1) is 29.4. The second-order valence-electron chi connectivity index (χ2n) is 9.31. The third kappa shape index (κ3) is 7.91. The fraction of sp³-hybridized carbons (Fsp3) is 0.310. The number of nitrogens with zero attached hydrogens (tertiary/aromatic N) is 2. The zero-order valence-corrected chi connectivity index (χ0v) is 24.6. The van der Waals surface area contributed by atoms with Crippen molar-refractivity contribution >= 4 is 43.5 Å². The molecule has 0 saturated heterocycles. The molecule has 0 fully saturated rings. The molecule has 1 N–H and O–H groups in total. The molecule has 202 valence electrons. The Labute approximate surface area is 234 Å². The van der Waals surface area contributed by atoms with Crippen LogP contribution in [0.25, 0.3) is 0 Å². The van der Waals surface area contributed by atoms with E-state index in [4.69, 9.17) is 0 Å². The quantitative estimate of drug-likeness (QED) is 0.349. The van der Waals surface area contributed by atoms with E-state index >= 15 is 0 Å². The lowest BCUT2D eigenvalue weighted by molar-refractivity contribution is -0.140. The molecule has 0 radical (unpaired) electrons. The molecule has 1 unspecified atom stereocenters. The molecule has 38 heavy (non-hydrogen) atoms. The van der Waals surface area contributed by atoms with Gasteiger partial charge in [0.25, 0.3) is 0 Å². The number of anilines is 1. The number of benzene rings is 3. The normalized spacial score (nSPS) is 12.0. The molecule has 7 nitrogen and oxygen atoms in total. The Morgan fingerprint density at radius 3 is 2.26 bits per heavy atom. The first-order valence-electron chi connectivity index (χ1n) is 12.4. The molecule has 0 heterocycles. The number of rotatable bonds is 11. The van der Waals surface area contributed by atoms with E-state index in [1.54, 1.807) is 6.07 Å². The number of sulfonamides is 1. The van der Waals surface area contributed by atoms with E-state index in [9.17, 15) is 18.0 Å². The summed E-state index contributed by atoms with van der Waals surface area (Å²) >= 11 is 3.48. The summed E-state index contributed by atoms with van der Waals surface area (Å²) in [5.41, 5.74) is 3.76. The topological polar surface area (TPSA) is 86.8 Å². The van der Waals surface area contributed by atoms with Gasteiger partial charge in [0.1, 0.15) is 12.6 Å². The molecule has 0 aliphatic rings. The van der Waals surface area contributed by atoms with Crippen LogP contribution in [0.1, 0.15) is 29.2 Å². The number of hydrogen-bond acceptors (Lipinski definition) is 4. The molecular weight excluding hydrogens is 566 g/mol. The van der Waals surface area contributed by atoms with Gasteiger partial charge in [0, 0.05) is 24.0 Å². The van der Waals surface area contributed by atoms with Gasteiger partial charge in [-0.1, -0.05) is 70.5 Å². The Morgan fingerprint density at radius 1 is 0.947 bits per heavy atom. The third-order valence-electron chi connectivity index (χ3n) is 6.18. The van der Waals surface area contributed by atoms with Gasteiger partial charge >= 0.3 is 0 Å². The highest BCUT2D eigenvalue weighted by atomic mass is 79.9. The predicted molar refractivity (Wildman–Crippen MR) is 155 cm³/mol. The number of nitrogens with one attached hydrogen (secondary N) is 1. The Balaban J connectivity index is 2.07. The smallest absolute Gasteiger partial charge is 0.244 e. The van der Waals surface area contributed by atoms with Crippen LogP contribution in [0.3, 0.4) is 0 Å². The van der Waals surface area contributed by atoms with Crippen molar-refractivity contribution in [1.82, 2.24) is 10.2 Å². The van der Waals surface area contributed by atoms with Gasteiger partial charge in [-0.3, -0.25) is 13.9 Å². The second kappa shape index (κ2) is 13.1. The molecule has 2 amide bonds. The van der Waals surface area contributed by atoms with Crippen LogP contribution in [-0.4, -0.2) is 50.5 Å². The van der Waals surface area contributed by atoms with Gasteiger partial charge in [-0.15, -0.1) is 0 Å². The fourth-order valence-corrected chi connectivity index (χ4v) is 5.61. The molecule has 3 rings (SSSR count). The minimum Gasteiger partial charge on any atom is -0.355 e. The maximum atomic E-state index is 14.0. The second-order valence-corrected chi connectivity index (χ2v) is 12.1. The summed E-state index contributed by atoms with van der Waals surface area (Å²) in [6.45, 7) is 5.61. The van der Waals surface area contributed by atoms with Gasteiger partial charge in [0.2, 0.25) is 21.8 Å². The molecule has 3 aromatic rings. The van der Waals surface area contributed by atoms with E-state index < -0.39 is 28.5 Å². The Hall–Kier alpha value is -3.17. The summed E-state index contributed by atoms with van der Waals surface area (Å²) in [4.78, 5) is 28.9. The molecule has 0 aromatic heterocycles. The van der Waals surface area contributed by atoms with E-state index in [0.29, 0.717) is 12.2 Å². The van der Waals surface area contributed by atoms with Crippen molar-refractivity contribution in [1.29, 1.82) is 0 Å². The molecule has 0 spiro atoms. The van der Waals surface area contributed by atoms with E-state index in [2.05, 4.69) is 21.2 Å². The molecule has 1 atom stereocenters. The summed E-state index contributed by atoms with van der Waals surface area (Å²) in [5, 5.41) is 2.86. The molecule has 0 aliphatic heterocycles. The molecule has 0 saturated carbocycles. The monoisotopic (exact) mass is 599 g/mol. The van der Waals surface area contributed by atoms with Gasteiger partial charge in [0.15, 0.2) is 0 Å². The standard InChI is InChI=1S/C29H34BrN3O4S/c1-5-31-29(35)27(18-23-10-7-6-8-11-23)32(19-24-12-9-13-25(30)17-24)28(34)20-33(38(4,36)37)26-16-21(2)14-15-22(26)3/h6-17,27H,5,18-20H2,1-4H3,(H,31,35). The largest absolute Gasteiger partial charge is 0.355 e. The van der Waals surface area contributed by atoms with Crippen LogP contribution in [0.4, 0.5) is 5.69 Å². The minimum atomic E-state index is -3.80. The van der Waals surface area contributed by atoms with E-state index in [-0.39, 0.29) is 18.9 Å². The molecular formula is C29H34BrN3O4S. The van der Waals surface area contributed by atoms with Crippen molar-refractivity contribution in [2.75, 3.05) is 23.7 Å². The minimum absolute atomic E-state index is 0.136. The van der Waals surface area contributed by atoms with E-state index in [1.165, 1.54) is 4.90 Å². The Kier molecular flexibility index (Phi) is 10.1. The summed E-state index contributed by atoms with van der Waals surface area (Å²) in [5.74, 6) is -0.763. The highest BCUT2D eigenvalue weighted by Crippen LogP contribution is 2.25. The highest BCUT2D eigenvalue weighted by molar-refractivity contribution is 9.10. The van der Waals surface area contributed by atoms with Crippen LogP contribution < -0.4 is 9.62 Å². The predicted octanol–water partition coefficient (Wildman–Crippen LogP) is 4.61. The van der Waals surface area contributed by atoms with E-state index in [0.717, 1.165) is 37.3 Å². The van der Waals surface area contributed by atoms with Crippen molar-refractivity contribution in [2.24, 2.45) is 0 Å².